The Hall–Kier alpha value is -2.76. The van der Waals surface area contributed by atoms with E-state index in [1.807, 2.05) is 23.9 Å². The molecule has 1 saturated heterocycles. The average molecular weight is 483 g/mol. The van der Waals surface area contributed by atoms with E-state index in [1.54, 1.807) is 16.4 Å². The Balaban J connectivity index is 1.45. The molecule has 172 valence electrons. The summed E-state index contributed by atoms with van der Waals surface area (Å²) in [7, 11) is 1.90. The highest BCUT2D eigenvalue weighted by Crippen LogP contribution is 2.28. The predicted octanol–water partition coefficient (Wildman–Crippen LogP) is 4.01. The minimum atomic E-state index is 0.160. The number of nitrogens with one attached hydrogen (secondary N) is 1. The average Bonchev–Trinajstić information content (AvgIpc) is 3.57. The molecule has 0 aliphatic carbocycles. The zero-order valence-corrected chi connectivity index (χ0v) is 20.5. The van der Waals surface area contributed by atoms with Crippen molar-refractivity contribution in [3.63, 3.8) is 0 Å². The highest BCUT2D eigenvalue weighted by Gasteiger charge is 2.23. The zero-order chi connectivity index (χ0) is 22.9. The fraction of sp³-hybridized carbons (Fsp3) is 0.409. The number of aromatic nitrogens is 8. The fourth-order valence-corrected chi connectivity index (χ4v) is 5.25. The van der Waals surface area contributed by atoms with Gasteiger partial charge in [-0.25, -0.2) is 0 Å². The number of hydrogen-bond donors (Lipinski definition) is 1. The van der Waals surface area contributed by atoms with Crippen LogP contribution in [0.15, 0.2) is 35.6 Å². The van der Waals surface area contributed by atoms with Gasteiger partial charge in [-0.1, -0.05) is 29.5 Å². The van der Waals surface area contributed by atoms with Crippen molar-refractivity contribution in [3.8, 4) is 17.2 Å². The van der Waals surface area contributed by atoms with Crippen molar-refractivity contribution >= 4 is 24.0 Å². The monoisotopic (exact) mass is 482 g/mol. The van der Waals surface area contributed by atoms with E-state index in [0.717, 1.165) is 53.2 Å². The van der Waals surface area contributed by atoms with Gasteiger partial charge in [-0.15, -0.1) is 10.2 Å². The van der Waals surface area contributed by atoms with Gasteiger partial charge in [0.15, 0.2) is 15.8 Å². The SMILES string of the molecule is Cc1ccc(-n2c(CSc3nnc(-c4ccn(C)n4)n3C[C@H]3CCCO3)n[nH]c2=S)c(C)c1. The Labute approximate surface area is 201 Å². The van der Waals surface area contributed by atoms with Crippen molar-refractivity contribution in [1.82, 2.24) is 39.3 Å². The third-order valence-corrected chi connectivity index (χ3v) is 6.97. The maximum absolute atomic E-state index is 5.90. The van der Waals surface area contributed by atoms with Crippen LogP contribution >= 0.6 is 24.0 Å². The Bertz CT molecular complexity index is 1330. The summed E-state index contributed by atoms with van der Waals surface area (Å²) in [6, 6.07) is 8.28. The van der Waals surface area contributed by atoms with Gasteiger partial charge in [0, 0.05) is 19.9 Å². The molecule has 0 amide bonds. The number of aromatic amines is 1. The number of thioether (sulfide) groups is 1. The van der Waals surface area contributed by atoms with Crippen molar-refractivity contribution in [2.24, 2.45) is 7.05 Å². The van der Waals surface area contributed by atoms with Crippen LogP contribution in [-0.4, -0.2) is 52.0 Å². The third-order valence-electron chi connectivity index (χ3n) is 5.74. The quantitative estimate of drug-likeness (QED) is 0.314. The largest absolute Gasteiger partial charge is 0.376 e. The lowest BCUT2D eigenvalue weighted by atomic mass is 10.1. The van der Waals surface area contributed by atoms with Gasteiger partial charge in [-0.05, 0) is 56.6 Å². The van der Waals surface area contributed by atoms with E-state index in [0.29, 0.717) is 17.1 Å². The maximum Gasteiger partial charge on any atom is 0.199 e. The van der Waals surface area contributed by atoms with Crippen molar-refractivity contribution in [2.45, 2.75) is 50.2 Å². The van der Waals surface area contributed by atoms with E-state index in [9.17, 15) is 0 Å². The summed E-state index contributed by atoms with van der Waals surface area (Å²) in [5.74, 6) is 2.18. The second kappa shape index (κ2) is 9.24. The molecular formula is C22H26N8OS2. The molecule has 1 fully saturated rings. The molecule has 4 heterocycles. The Morgan fingerprint density at radius 3 is 2.85 bits per heavy atom. The van der Waals surface area contributed by atoms with Crippen LogP contribution in [0.3, 0.4) is 0 Å². The third kappa shape index (κ3) is 4.53. The molecule has 1 aliphatic heterocycles. The topological polar surface area (TPSA) is 91.4 Å². The molecule has 0 radical (unpaired) electrons. The summed E-state index contributed by atoms with van der Waals surface area (Å²) in [6.07, 6.45) is 4.19. The summed E-state index contributed by atoms with van der Waals surface area (Å²) < 4.78 is 12.4. The van der Waals surface area contributed by atoms with E-state index in [-0.39, 0.29) is 6.10 Å². The van der Waals surface area contributed by atoms with E-state index in [2.05, 4.69) is 62.1 Å². The number of nitrogens with zero attached hydrogens (tertiary/aromatic N) is 7. The molecule has 1 N–H and O–H groups in total. The van der Waals surface area contributed by atoms with Crippen LogP contribution in [0.1, 0.15) is 29.8 Å². The summed E-state index contributed by atoms with van der Waals surface area (Å²) in [5, 5.41) is 21.8. The minimum absolute atomic E-state index is 0.160. The summed E-state index contributed by atoms with van der Waals surface area (Å²) >= 11 is 7.13. The number of benzene rings is 1. The number of hydrogen-bond acceptors (Lipinski definition) is 7. The van der Waals surface area contributed by atoms with Gasteiger partial charge in [0.05, 0.1) is 24.1 Å². The Morgan fingerprint density at radius 2 is 2.12 bits per heavy atom. The number of ether oxygens (including phenoxy) is 1. The number of rotatable bonds is 7. The summed E-state index contributed by atoms with van der Waals surface area (Å²) in [4.78, 5) is 0. The molecule has 1 aliphatic rings. The first-order valence-electron chi connectivity index (χ1n) is 10.9. The van der Waals surface area contributed by atoms with Crippen molar-refractivity contribution in [2.75, 3.05) is 6.61 Å². The second-order valence-corrected chi connectivity index (χ2v) is 9.61. The number of aryl methyl sites for hydroxylation is 3. The molecule has 3 aromatic heterocycles. The van der Waals surface area contributed by atoms with Crippen LogP contribution in [-0.2, 0) is 24.1 Å². The Morgan fingerprint density at radius 1 is 1.24 bits per heavy atom. The van der Waals surface area contributed by atoms with Gasteiger partial charge in [0.2, 0.25) is 0 Å². The molecule has 9 nitrogen and oxygen atoms in total. The van der Waals surface area contributed by atoms with Gasteiger partial charge >= 0.3 is 0 Å². The lowest BCUT2D eigenvalue weighted by Gasteiger charge is -2.14. The van der Waals surface area contributed by atoms with E-state index < -0.39 is 0 Å². The first-order chi connectivity index (χ1) is 16.0. The van der Waals surface area contributed by atoms with E-state index >= 15 is 0 Å². The molecule has 1 atom stereocenters. The smallest absolute Gasteiger partial charge is 0.199 e. The van der Waals surface area contributed by atoms with Crippen LogP contribution < -0.4 is 0 Å². The highest BCUT2D eigenvalue weighted by molar-refractivity contribution is 7.98. The Kier molecular flexibility index (Phi) is 6.17. The maximum atomic E-state index is 5.90. The van der Waals surface area contributed by atoms with Crippen molar-refractivity contribution < 1.29 is 4.74 Å². The minimum Gasteiger partial charge on any atom is -0.376 e. The molecule has 11 heteroatoms. The van der Waals surface area contributed by atoms with Gasteiger partial charge < -0.3 is 4.74 Å². The van der Waals surface area contributed by atoms with Gasteiger partial charge in [-0.3, -0.25) is 18.9 Å². The van der Waals surface area contributed by atoms with Gasteiger partial charge in [0.1, 0.15) is 11.5 Å². The number of H-pyrrole nitrogens is 1. The first-order valence-corrected chi connectivity index (χ1v) is 12.3. The van der Waals surface area contributed by atoms with Crippen LogP contribution in [0.4, 0.5) is 0 Å². The predicted molar refractivity (Wildman–Crippen MR) is 129 cm³/mol. The van der Waals surface area contributed by atoms with Crippen molar-refractivity contribution in [1.29, 1.82) is 0 Å². The first kappa shape index (κ1) is 22.1. The lowest BCUT2D eigenvalue weighted by Crippen LogP contribution is -2.17. The standard InChI is InChI=1S/C22H26N8OS2/c1-14-6-7-18(15(2)11-14)30-19(23-25-21(30)32)13-33-22-26-24-20(17-8-9-28(3)27-17)29(22)12-16-5-4-10-31-16/h6-9,11,16H,4-5,10,12-13H2,1-3H3,(H,25,32)/t16-/m1/s1. The van der Waals surface area contributed by atoms with Crippen LogP contribution in [0.25, 0.3) is 17.2 Å². The molecule has 33 heavy (non-hydrogen) atoms. The normalized spacial score (nSPS) is 16.0. The van der Waals surface area contributed by atoms with Gasteiger partial charge in [-0.2, -0.15) is 10.2 Å². The molecular weight excluding hydrogens is 456 g/mol. The highest BCUT2D eigenvalue weighted by atomic mass is 32.2. The molecule has 0 saturated carbocycles. The molecule has 0 spiro atoms. The van der Waals surface area contributed by atoms with Gasteiger partial charge in [0.25, 0.3) is 0 Å². The van der Waals surface area contributed by atoms with E-state index in [4.69, 9.17) is 17.0 Å². The zero-order valence-electron chi connectivity index (χ0n) is 18.9. The molecule has 1 aromatic carbocycles. The van der Waals surface area contributed by atoms with Crippen LogP contribution in [0, 0.1) is 18.6 Å². The molecule has 5 rings (SSSR count). The molecule has 0 bridgehead atoms. The lowest BCUT2D eigenvalue weighted by molar-refractivity contribution is 0.0953. The van der Waals surface area contributed by atoms with Crippen LogP contribution in [0.2, 0.25) is 0 Å². The van der Waals surface area contributed by atoms with Crippen molar-refractivity contribution in [3.05, 3.63) is 52.2 Å². The van der Waals surface area contributed by atoms with E-state index in [1.165, 1.54) is 5.56 Å². The summed E-state index contributed by atoms with van der Waals surface area (Å²) in [6.45, 7) is 5.68. The molecule has 4 aromatic rings. The second-order valence-electron chi connectivity index (χ2n) is 8.29. The van der Waals surface area contributed by atoms with Crippen LogP contribution in [0.5, 0.6) is 0 Å². The summed E-state index contributed by atoms with van der Waals surface area (Å²) in [5.41, 5.74) is 4.20. The molecule has 0 unspecified atom stereocenters. The fourth-order valence-electron chi connectivity index (χ4n) is 4.14.